The van der Waals surface area contributed by atoms with Gasteiger partial charge in [-0.05, 0) is 35.6 Å². The van der Waals surface area contributed by atoms with Crippen molar-refractivity contribution < 1.29 is 9.53 Å². The Morgan fingerprint density at radius 3 is 2.76 bits per heavy atom. The first-order valence-electron chi connectivity index (χ1n) is 9.41. The Bertz CT molecular complexity index is 1030. The molecule has 2 N–H and O–H groups in total. The van der Waals surface area contributed by atoms with E-state index in [1.807, 2.05) is 34.5 Å². The normalized spacial score (nSPS) is 14.4. The minimum absolute atomic E-state index is 0.152. The number of amides is 1. The molecule has 0 bridgehead atoms. The Kier molecular flexibility index (Phi) is 5.73. The van der Waals surface area contributed by atoms with Gasteiger partial charge in [0, 0.05) is 32.6 Å². The molecule has 29 heavy (non-hydrogen) atoms. The number of aryl methyl sites for hydroxylation is 1. The van der Waals surface area contributed by atoms with Gasteiger partial charge in [-0.3, -0.25) is 4.79 Å². The molecule has 152 valence electrons. The molecular formula is C20H22ClN5O2S. The maximum atomic E-state index is 12.7. The highest BCUT2D eigenvalue weighted by Gasteiger charge is 2.23. The summed E-state index contributed by atoms with van der Waals surface area (Å²) in [5, 5.41) is 3.57. The quantitative estimate of drug-likeness (QED) is 0.667. The minimum atomic E-state index is 0.152. The predicted octanol–water partition coefficient (Wildman–Crippen LogP) is 3.22. The lowest BCUT2D eigenvalue weighted by atomic mass is 10.1. The molecule has 0 unspecified atom stereocenters. The number of halogens is 1. The van der Waals surface area contributed by atoms with Crippen molar-refractivity contribution in [3.05, 3.63) is 40.2 Å². The molecule has 1 fully saturated rings. The van der Waals surface area contributed by atoms with Crippen LogP contribution in [0.5, 0.6) is 5.75 Å². The number of rotatable bonds is 5. The van der Waals surface area contributed by atoms with Crippen molar-refractivity contribution in [2.45, 2.75) is 12.8 Å². The lowest BCUT2D eigenvalue weighted by Gasteiger charge is -2.35. The van der Waals surface area contributed by atoms with Crippen molar-refractivity contribution in [2.24, 2.45) is 0 Å². The van der Waals surface area contributed by atoms with E-state index < -0.39 is 0 Å². The van der Waals surface area contributed by atoms with Crippen LogP contribution in [0.25, 0.3) is 10.2 Å². The molecular weight excluding hydrogens is 410 g/mol. The maximum absolute atomic E-state index is 12.7. The molecule has 4 rings (SSSR count). The molecule has 7 nitrogen and oxygen atoms in total. The van der Waals surface area contributed by atoms with Gasteiger partial charge in [0.05, 0.1) is 17.5 Å². The van der Waals surface area contributed by atoms with Crippen LogP contribution in [0, 0.1) is 0 Å². The summed E-state index contributed by atoms with van der Waals surface area (Å²) >= 11 is 7.72. The van der Waals surface area contributed by atoms with Crippen LogP contribution in [-0.4, -0.2) is 54.1 Å². The summed E-state index contributed by atoms with van der Waals surface area (Å²) in [5.41, 5.74) is 6.89. The molecule has 1 aromatic carbocycles. The fourth-order valence-corrected chi connectivity index (χ4v) is 4.59. The van der Waals surface area contributed by atoms with Crippen molar-refractivity contribution in [3.8, 4) is 5.75 Å². The Labute approximate surface area is 178 Å². The number of aromatic nitrogens is 2. The van der Waals surface area contributed by atoms with Crippen LogP contribution >= 0.6 is 22.9 Å². The average molecular weight is 432 g/mol. The van der Waals surface area contributed by atoms with Crippen molar-refractivity contribution >= 4 is 50.8 Å². The number of thiophene rings is 1. The molecule has 0 spiro atoms. The van der Waals surface area contributed by atoms with Crippen molar-refractivity contribution in [3.63, 3.8) is 0 Å². The number of methoxy groups -OCH3 is 1. The molecule has 9 heteroatoms. The lowest BCUT2D eigenvalue weighted by molar-refractivity contribution is -0.131. The number of hydrogen-bond acceptors (Lipinski definition) is 7. The number of carbonyl (C=O) groups is 1. The van der Waals surface area contributed by atoms with Crippen LogP contribution < -0.4 is 15.4 Å². The number of carbonyl (C=O) groups excluding carboxylic acids is 1. The van der Waals surface area contributed by atoms with Crippen molar-refractivity contribution in [1.82, 2.24) is 14.9 Å². The van der Waals surface area contributed by atoms with Crippen LogP contribution in [0.2, 0.25) is 5.02 Å². The van der Waals surface area contributed by atoms with Crippen LogP contribution in [-0.2, 0) is 11.2 Å². The van der Waals surface area contributed by atoms with Gasteiger partial charge in [-0.25, -0.2) is 4.98 Å². The maximum Gasteiger partial charge on any atom is 0.223 e. The summed E-state index contributed by atoms with van der Waals surface area (Å²) in [4.78, 5) is 26.4. The van der Waals surface area contributed by atoms with Crippen LogP contribution in [0.15, 0.2) is 29.6 Å². The zero-order valence-electron chi connectivity index (χ0n) is 16.1. The third-order valence-electron chi connectivity index (χ3n) is 5.10. The average Bonchev–Trinajstić information content (AvgIpc) is 3.20. The summed E-state index contributed by atoms with van der Waals surface area (Å²) in [6, 6.07) is 7.66. The Balaban J connectivity index is 1.35. The number of nitrogens with zero attached hydrogens (tertiary/aromatic N) is 4. The topological polar surface area (TPSA) is 84.6 Å². The summed E-state index contributed by atoms with van der Waals surface area (Å²) < 4.78 is 5.17. The van der Waals surface area contributed by atoms with E-state index >= 15 is 0 Å². The lowest BCUT2D eigenvalue weighted by Crippen LogP contribution is -2.49. The summed E-state index contributed by atoms with van der Waals surface area (Å²) in [6.45, 7) is 2.78. The molecule has 2 aromatic heterocycles. The summed E-state index contributed by atoms with van der Waals surface area (Å²) in [7, 11) is 1.59. The molecule has 1 aliphatic rings. The smallest absolute Gasteiger partial charge is 0.223 e. The van der Waals surface area contributed by atoms with Crippen LogP contribution in [0.4, 0.5) is 11.8 Å². The number of anilines is 2. The number of hydrogen-bond donors (Lipinski definition) is 1. The highest BCUT2D eigenvalue weighted by atomic mass is 35.5. The van der Waals surface area contributed by atoms with E-state index in [1.165, 1.54) is 0 Å². The van der Waals surface area contributed by atoms with Gasteiger partial charge in [-0.15, -0.1) is 11.3 Å². The van der Waals surface area contributed by atoms with Gasteiger partial charge in [0.2, 0.25) is 11.9 Å². The first-order chi connectivity index (χ1) is 14.0. The third-order valence-corrected chi connectivity index (χ3v) is 6.20. The Morgan fingerprint density at radius 2 is 2.03 bits per heavy atom. The Morgan fingerprint density at radius 1 is 1.24 bits per heavy atom. The second kappa shape index (κ2) is 8.42. The van der Waals surface area contributed by atoms with E-state index in [9.17, 15) is 4.79 Å². The highest BCUT2D eigenvalue weighted by Crippen LogP contribution is 2.29. The second-order valence-electron chi connectivity index (χ2n) is 6.88. The summed E-state index contributed by atoms with van der Waals surface area (Å²) in [5.74, 6) is 1.93. The molecule has 1 amide bonds. The molecule has 0 saturated carbocycles. The van der Waals surface area contributed by atoms with Crippen molar-refractivity contribution in [2.75, 3.05) is 43.9 Å². The number of piperazine rings is 1. The van der Waals surface area contributed by atoms with E-state index in [0.717, 1.165) is 34.7 Å². The minimum Gasteiger partial charge on any atom is -0.495 e. The van der Waals surface area contributed by atoms with Crippen LogP contribution in [0.1, 0.15) is 12.0 Å². The van der Waals surface area contributed by atoms with Crippen molar-refractivity contribution in [1.29, 1.82) is 0 Å². The van der Waals surface area contributed by atoms with Gasteiger partial charge in [0.15, 0.2) is 0 Å². The summed E-state index contributed by atoms with van der Waals surface area (Å²) in [6.07, 6.45) is 1.11. The van der Waals surface area contributed by atoms with E-state index in [1.54, 1.807) is 18.4 Å². The van der Waals surface area contributed by atoms with E-state index in [2.05, 4.69) is 14.9 Å². The van der Waals surface area contributed by atoms with E-state index in [4.69, 9.17) is 22.1 Å². The van der Waals surface area contributed by atoms with Gasteiger partial charge in [0.1, 0.15) is 16.4 Å². The zero-order chi connectivity index (χ0) is 20.4. The molecule has 0 radical (unpaired) electrons. The van der Waals surface area contributed by atoms with E-state index in [-0.39, 0.29) is 11.9 Å². The number of benzene rings is 1. The predicted molar refractivity (Wildman–Crippen MR) is 117 cm³/mol. The van der Waals surface area contributed by atoms with Gasteiger partial charge in [0.25, 0.3) is 0 Å². The standard InChI is InChI=1S/C20H22ClN5O2S/c1-28-16-4-2-13(12-15(16)21)3-5-17(27)25-7-9-26(10-8-25)18-14-6-11-29-19(14)24-20(22)23-18/h2,4,6,11-12H,3,5,7-10H2,1H3,(H2,22,23,24). The highest BCUT2D eigenvalue weighted by molar-refractivity contribution is 7.16. The monoisotopic (exact) mass is 431 g/mol. The molecule has 3 aromatic rings. The largest absolute Gasteiger partial charge is 0.495 e. The molecule has 1 aliphatic heterocycles. The fourth-order valence-electron chi connectivity index (χ4n) is 3.54. The molecule has 1 saturated heterocycles. The fraction of sp³-hybridized carbons (Fsp3) is 0.350. The molecule has 0 atom stereocenters. The number of fused-ring (bicyclic) bond motifs is 1. The van der Waals surface area contributed by atoms with Gasteiger partial charge in [-0.2, -0.15) is 4.98 Å². The zero-order valence-corrected chi connectivity index (χ0v) is 17.7. The Hall–Kier alpha value is -2.58. The van der Waals surface area contributed by atoms with Gasteiger partial charge >= 0.3 is 0 Å². The van der Waals surface area contributed by atoms with Gasteiger partial charge in [-0.1, -0.05) is 17.7 Å². The van der Waals surface area contributed by atoms with Gasteiger partial charge < -0.3 is 20.3 Å². The second-order valence-corrected chi connectivity index (χ2v) is 8.18. The molecule has 3 heterocycles. The number of ether oxygens (including phenoxy) is 1. The first kappa shape index (κ1) is 19.7. The molecule has 0 aliphatic carbocycles. The first-order valence-corrected chi connectivity index (χ1v) is 10.7. The number of nitrogen functional groups attached to an aromatic ring is 1. The van der Waals surface area contributed by atoms with Crippen LogP contribution in [0.3, 0.4) is 0 Å². The third kappa shape index (κ3) is 4.23. The SMILES string of the molecule is COc1ccc(CCC(=O)N2CCN(c3nc(N)nc4sccc34)CC2)cc1Cl. The number of nitrogens with two attached hydrogens (primary N) is 1. The van der Waals surface area contributed by atoms with E-state index in [0.29, 0.717) is 36.7 Å².